The number of ether oxygens (including phenoxy) is 1. The summed E-state index contributed by atoms with van der Waals surface area (Å²) in [5.41, 5.74) is 0. The SMILES string of the molecule is FC(F)(F)c1nnc(Oc2ccc(Cl)cc2Cl)s1. The van der Waals surface area contributed by atoms with E-state index in [4.69, 9.17) is 27.9 Å². The molecule has 2 aromatic rings. The average Bonchev–Trinajstić information content (AvgIpc) is 2.70. The molecule has 3 nitrogen and oxygen atoms in total. The van der Waals surface area contributed by atoms with Gasteiger partial charge < -0.3 is 4.74 Å². The molecule has 0 aliphatic rings. The van der Waals surface area contributed by atoms with Gasteiger partial charge in [-0.05, 0) is 18.2 Å². The van der Waals surface area contributed by atoms with Crippen LogP contribution in [-0.2, 0) is 6.18 Å². The molecule has 18 heavy (non-hydrogen) atoms. The Labute approximate surface area is 113 Å². The second kappa shape index (κ2) is 4.91. The quantitative estimate of drug-likeness (QED) is 0.809. The van der Waals surface area contributed by atoms with Crippen molar-refractivity contribution in [3.8, 4) is 10.9 Å². The van der Waals surface area contributed by atoms with Gasteiger partial charge in [-0.15, -0.1) is 5.10 Å². The van der Waals surface area contributed by atoms with Crippen LogP contribution in [0.4, 0.5) is 13.2 Å². The van der Waals surface area contributed by atoms with Crippen molar-refractivity contribution in [2.75, 3.05) is 0 Å². The average molecular weight is 315 g/mol. The Balaban J connectivity index is 2.21. The van der Waals surface area contributed by atoms with E-state index in [2.05, 4.69) is 10.2 Å². The molecule has 0 aliphatic carbocycles. The number of nitrogens with zero attached hydrogens (tertiary/aromatic N) is 2. The number of rotatable bonds is 2. The zero-order chi connectivity index (χ0) is 13.3. The number of benzene rings is 1. The molecule has 2 rings (SSSR count). The molecule has 1 heterocycles. The highest BCUT2D eigenvalue weighted by Gasteiger charge is 2.36. The van der Waals surface area contributed by atoms with Crippen molar-refractivity contribution in [3.63, 3.8) is 0 Å². The van der Waals surface area contributed by atoms with Crippen LogP contribution < -0.4 is 4.74 Å². The summed E-state index contributed by atoms with van der Waals surface area (Å²) in [6.45, 7) is 0. The van der Waals surface area contributed by atoms with Crippen LogP contribution >= 0.6 is 34.5 Å². The van der Waals surface area contributed by atoms with Crippen LogP contribution in [0.2, 0.25) is 10.0 Å². The van der Waals surface area contributed by atoms with E-state index in [1.807, 2.05) is 0 Å². The van der Waals surface area contributed by atoms with Crippen molar-refractivity contribution >= 4 is 34.5 Å². The smallest absolute Gasteiger partial charge is 0.428 e. The van der Waals surface area contributed by atoms with E-state index in [-0.39, 0.29) is 27.3 Å². The van der Waals surface area contributed by atoms with E-state index < -0.39 is 11.2 Å². The Morgan fingerprint density at radius 2 is 1.89 bits per heavy atom. The summed E-state index contributed by atoms with van der Waals surface area (Å²) in [6, 6.07) is 4.33. The van der Waals surface area contributed by atoms with Gasteiger partial charge in [-0.2, -0.15) is 13.2 Å². The van der Waals surface area contributed by atoms with Crippen LogP contribution in [0.15, 0.2) is 18.2 Å². The van der Waals surface area contributed by atoms with Crippen LogP contribution in [0, 0.1) is 0 Å². The van der Waals surface area contributed by atoms with Gasteiger partial charge >= 0.3 is 6.18 Å². The molecule has 0 unspecified atom stereocenters. The Morgan fingerprint density at radius 1 is 1.17 bits per heavy atom. The first-order chi connectivity index (χ1) is 8.36. The third-order valence-electron chi connectivity index (χ3n) is 1.74. The fourth-order valence-corrected chi connectivity index (χ4v) is 2.04. The molecule has 0 spiro atoms. The minimum atomic E-state index is -4.54. The lowest BCUT2D eigenvalue weighted by atomic mass is 10.3. The molecule has 0 saturated carbocycles. The van der Waals surface area contributed by atoms with E-state index >= 15 is 0 Å². The summed E-state index contributed by atoms with van der Waals surface area (Å²) < 4.78 is 41.9. The normalized spacial score (nSPS) is 11.6. The highest BCUT2D eigenvalue weighted by atomic mass is 35.5. The molecule has 0 atom stereocenters. The van der Waals surface area contributed by atoms with Gasteiger partial charge in [0.05, 0.1) is 5.02 Å². The van der Waals surface area contributed by atoms with Gasteiger partial charge in [0.25, 0.3) is 5.19 Å². The summed E-state index contributed by atoms with van der Waals surface area (Å²) in [7, 11) is 0. The van der Waals surface area contributed by atoms with E-state index in [9.17, 15) is 13.2 Å². The van der Waals surface area contributed by atoms with Gasteiger partial charge in [-0.3, -0.25) is 0 Å². The monoisotopic (exact) mass is 314 g/mol. The molecular formula is C9H3Cl2F3N2OS. The molecule has 9 heteroatoms. The molecule has 1 aromatic heterocycles. The van der Waals surface area contributed by atoms with Crippen molar-refractivity contribution < 1.29 is 17.9 Å². The molecule has 0 bridgehead atoms. The van der Waals surface area contributed by atoms with Crippen LogP contribution in [0.5, 0.6) is 10.9 Å². The lowest BCUT2D eigenvalue weighted by Gasteiger charge is -2.03. The lowest BCUT2D eigenvalue weighted by Crippen LogP contribution is -2.03. The van der Waals surface area contributed by atoms with E-state index in [1.54, 1.807) is 0 Å². The number of halogens is 5. The summed E-state index contributed by atoms with van der Waals surface area (Å²) in [5, 5.41) is 5.49. The molecule has 0 radical (unpaired) electrons. The standard InChI is InChI=1S/C9H3Cl2F3N2OS/c10-4-1-2-6(5(11)3-4)17-8-16-15-7(18-8)9(12,13)14/h1-3H. The molecule has 0 amide bonds. The summed E-state index contributed by atoms with van der Waals surface area (Å²) in [4.78, 5) is 0. The first-order valence-corrected chi connectivity index (χ1v) is 5.97. The first kappa shape index (κ1) is 13.4. The van der Waals surface area contributed by atoms with Crippen molar-refractivity contribution in [2.45, 2.75) is 6.18 Å². The van der Waals surface area contributed by atoms with Crippen molar-refractivity contribution in [1.82, 2.24) is 10.2 Å². The Kier molecular flexibility index (Phi) is 3.65. The van der Waals surface area contributed by atoms with Crippen LogP contribution in [-0.4, -0.2) is 10.2 Å². The second-order valence-electron chi connectivity index (χ2n) is 3.05. The predicted molar refractivity (Wildman–Crippen MR) is 61.4 cm³/mol. The molecule has 0 N–H and O–H groups in total. The van der Waals surface area contributed by atoms with Crippen LogP contribution in [0.25, 0.3) is 0 Å². The highest BCUT2D eigenvalue weighted by molar-refractivity contribution is 7.13. The maximum absolute atomic E-state index is 12.3. The molecule has 1 aromatic carbocycles. The Hall–Kier alpha value is -1.05. The summed E-state index contributed by atoms with van der Waals surface area (Å²) in [6.07, 6.45) is -4.54. The topological polar surface area (TPSA) is 35.0 Å². The molecular weight excluding hydrogens is 312 g/mol. The van der Waals surface area contributed by atoms with Crippen molar-refractivity contribution in [3.05, 3.63) is 33.3 Å². The maximum Gasteiger partial charge on any atom is 0.445 e. The molecule has 0 fully saturated rings. The number of hydrogen-bond acceptors (Lipinski definition) is 4. The van der Waals surface area contributed by atoms with Gasteiger partial charge in [0.2, 0.25) is 5.01 Å². The first-order valence-electron chi connectivity index (χ1n) is 4.40. The largest absolute Gasteiger partial charge is 0.445 e. The fourth-order valence-electron chi connectivity index (χ4n) is 1.02. The lowest BCUT2D eigenvalue weighted by molar-refractivity contribution is -0.138. The zero-order valence-electron chi connectivity index (χ0n) is 8.33. The number of alkyl halides is 3. The third kappa shape index (κ3) is 3.04. The fraction of sp³-hybridized carbons (Fsp3) is 0.111. The van der Waals surface area contributed by atoms with E-state index in [1.165, 1.54) is 18.2 Å². The number of aromatic nitrogens is 2. The van der Waals surface area contributed by atoms with Crippen LogP contribution in [0.3, 0.4) is 0 Å². The van der Waals surface area contributed by atoms with E-state index in [0.29, 0.717) is 5.02 Å². The van der Waals surface area contributed by atoms with E-state index in [0.717, 1.165) is 0 Å². The molecule has 0 saturated heterocycles. The Morgan fingerprint density at radius 3 is 2.44 bits per heavy atom. The number of hydrogen-bond donors (Lipinski definition) is 0. The minimum absolute atomic E-state index is 0.158. The van der Waals surface area contributed by atoms with Gasteiger partial charge in [-0.1, -0.05) is 39.6 Å². The maximum atomic E-state index is 12.3. The minimum Gasteiger partial charge on any atom is -0.428 e. The van der Waals surface area contributed by atoms with Crippen LogP contribution in [0.1, 0.15) is 5.01 Å². The zero-order valence-corrected chi connectivity index (χ0v) is 10.7. The van der Waals surface area contributed by atoms with Gasteiger partial charge in [0, 0.05) is 5.02 Å². The second-order valence-corrected chi connectivity index (χ2v) is 4.83. The molecule has 96 valence electrons. The summed E-state index contributed by atoms with van der Waals surface area (Å²) >= 11 is 11.8. The summed E-state index contributed by atoms with van der Waals surface area (Å²) in [5.74, 6) is 0.158. The third-order valence-corrected chi connectivity index (χ3v) is 3.12. The van der Waals surface area contributed by atoms with Crippen molar-refractivity contribution in [2.24, 2.45) is 0 Å². The Bertz CT molecular complexity index is 573. The van der Waals surface area contributed by atoms with Gasteiger partial charge in [0.15, 0.2) is 0 Å². The van der Waals surface area contributed by atoms with Crippen molar-refractivity contribution in [1.29, 1.82) is 0 Å². The van der Waals surface area contributed by atoms with Gasteiger partial charge in [-0.25, -0.2) is 0 Å². The van der Waals surface area contributed by atoms with Gasteiger partial charge in [0.1, 0.15) is 5.75 Å². The molecule has 0 aliphatic heterocycles. The highest BCUT2D eigenvalue weighted by Crippen LogP contribution is 2.37. The predicted octanol–water partition coefficient (Wildman–Crippen LogP) is 4.66.